The van der Waals surface area contributed by atoms with Crippen LogP contribution in [0.25, 0.3) is 0 Å². The van der Waals surface area contributed by atoms with Gasteiger partial charge in [-0.15, -0.1) is 0 Å². The van der Waals surface area contributed by atoms with E-state index in [1.165, 1.54) is 11.0 Å². The number of hydrogen-bond acceptors (Lipinski definition) is 4. The minimum absolute atomic E-state index is 0.167. The lowest BCUT2D eigenvalue weighted by Crippen LogP contribution is -2.53. The summed E-state index contributed by atoms with van der Waals surface area (Å²) in [7, 11) is -3.87. The first-order valence-corrected chi connectivity index (χ1v) is 15.2. The highest BCUT2D eigenvalue weighted by Crippen LogP contribution is 2.23. The summed E-state index contributed by atoms with van der Waals surface area (Å²) in [4.78, 5) is 28.7. The topological polar surface area (TPSA) is 86.8 Å². The van der Waals surface area contributed by atoms with Crippen LogP contribution >= 0.6 is 15.9 Å². The lowest BCUT2D eigenvalue weighted by Gasteiger charge is -2.33. The van der Waals surface area contributed by atoms with Gasteiger partial charge in [-0.3, -0.25) is 13.9 Å². The van der Waals surface area contributed by atoms with E-state index in [1.54, 1.807) is 42.5 Å². The number of amides is 2. The van der Waals surface area contributed by atoms with Gasteiger partial charge in [0.1, 0.15) is 18.4 Å². The predicted molar refractivity (Wildman–Crippen MR) is 155 cm³/mol. The summed E-state index contributed by atoms with van der Waals surface area (Å²) in [6, 6.07) is 20.7. The number of nitrogens with zero attached hydrogens (tertiary/aromatic N) is 2. The predicted octanol–water partition coefficient (Wildman–Crippen LogP) is 4.77. The lowest BCUT2D eigenvalue weighted by atomic mass is 10.0. The van der Waals surface area contributed by atoms with E-state index in [4.69, 9.17) is 0 Å². The molecule has 208 valence electrons. The van der Waals surface area contributed by atoms with Gasteiger partial charge in [-0.25, -0.2) is 12.8 Å². The standard InChI is InChI=1S/C29H33BrFN3O4S/c1-21(2)18-32-29(36)27(17-22-9-5-4-6-10-22)33(19-23-11-7-8-12-26(23)31)28(35)20-34(39(3,37)38)25-15-13-24(30)14-16-25/h4-16,21,27H,17-20H2,1-3H3,(H,32,36)/t27-/m0/s1. The molecule has 0 saturated carbocycles. The van der Waals surface area contributed by atoms with Crippen molar-refractivity contribution in [1.29, 1.82) is 0 Å². The minimum atomic E-state index is -3.87. The molecule has 0 unspecified atom stereocenters. The summed E-state index contributed by atoms with van der Waals surface area (Å²) in [5.41, 5.74) is 1.32. The molecule has 0 heterocycles. The smallest absolute Gasteiger partial charge is 0.244 e. The molecule has 39 heavy (non-hydrogen) atoms. The van der Waals surface area contributed by atoms with E-state index in [2.05, 4.69) is 21.2 Å². The third-order valence-corrected chi connectivity index (χ3v) is 7.72. The minimum Gasteiger partial charge on any atom is -0.354 e. The van der Waals surface area contributed by atoms with Crippen LogP contribution in [0, 0.1) is 11.7 Å². The molecule has 1 atom stereocenters. The van der Waals surface area contributed by atoms with Crippen LogP contribution in [-0.4, -0.2) is 50.5 Å². The maximum atomic E-state index is 14.8. The number of sulfonamides is 1. The first kappa shape index (κ1) is 30.3. The van der Waals surface area contributed by atoms with E-state index >= 15 is 0 Å². The summed E-state index contributed by atoms with van der Waals surface area (Å²) >= 11 is 3.33. The van der Waals surface area contributed by atoms with Gasteiger partial charge in [-0.2, -0.15) is 0 Å². The molecule has 0 aliphatic rings. The molecular weight excluding hydrogens is 585 g/mol. The van der Waals surface area contributed by atoms with Gasteiger partial charge in [-0.05, 0) is 41.8 Å². The van der Waals surface area contributed by atoms with Crippen molar-refractivity contribution in [3.63, 3.8) is 0 Å². The molecule has 0 saturated heterocycles. The zero-order valence-electron chi connectivity index (χ0n) is 22.2. The highest BCUT2D eigenvalue weighted by Gasteiger charge is 2.33. The Morgan fingerprint density at radius 3 is 2.15 bits per heavy atom. The van der Waals surface area contributed by atoms with E-state index in [-0.39, 0.29) is 24.4 Å². The monoisotopic (exact) mass is 617 g/mol. The highest BCUT2D eigenvalue weighted by molar-refractivity contribution is 9.10. The Kier molecular flexibility index (Phi) is 10.7. The van der Waals surface area contributed by atoms with Crippen LogP contribution in [0.15, 0.2) is 83.3 Å². The van der Waals surface area contributed by atoms with Gasteiger partial charge in [0.2, 0.25) is 21.8 Å². The molecular formula is C29H33BrFN3O4S. The van der Waals surface area contributed by atoms with E-state index in [1.807, 2.05) is 44.2 Å². The fraction of sp³-hybridized carbons (Fsp3) is 0.310. The molecule has 3 rings (SSSR count). The Morgan fingerprint density at radius 2 is 1.56 bits per heavy atom. The fourth-order valence-electron chi connectivity index (χ4n) is 4.01. The van der Waals surface area contributed by atoms with Crippen LogP contribution in [0.2, 0.25) is 0 Å². The summed E-state index contributed by atoms with van der Waals surface area (Å²) in [5, 5.41) is 2.90. The van der Waals surface area contributed by atoms with Crippen molar-refractivity contribution < 1.29 is 22.4 Å². The molecule has 10 heteroatoms. The number of anilines is 1. The average Bonchev–Trinajstić information content (AvgIpc) is 2.89. The molecule has 0 aliphatic heterocycles. The van der Waals surface area contributed by atoms with Crippen molar-refractivity contribution in [2.24, 2.45) is 5.92 Å². The van der Waals surface area contributed by atoms with Crippen molar-refractivity contribution >= 4 is 43.5 Å². The second kappa shape index (κ2) is 13.7. The third kappa shape index (κ3) is 8.90. The number of carbonyl (C=O) groups is 2. The maximum absolute atomic E-state index is 14.8. The lowest BCUT2D eigenvalue weighted by molar-refractivity contribution is -0.140. The van der Waals surface area contributed by atoms with Gasteiger partial charge in [0, 0.05) is 29.5 Å². The molecule has 0 fully saturated rings. The summed E-state index contributed by atoms with van der Waals surface area (Å²) < 4.78 is 42.0. The molecule has 7 nitrogen and oxygen atoms in total. The largest absolute Gasteiger partial charge is 0.354 e. The Bertz CT molecular complexity index is 1370. The van der Waals surface area contributed by atoms with Gasteiger partial charge >= 0.3 is 0 Å². The Balaban J connectivity index is 2.05. The molecule has 3 aromatic rings. The van der Waals surface area contributed by atoms with Gasteiger partial charge in [0.15, 0.2) is 0 Å². The van der Waals surface area contributed by atoms with E-state index in [9.17, 15) is 22.4 Å². The Morgan fingerprint density at radius 1 is 0.949 bits per heavy atom. The maximum Gasteiger partial charge on any atom is 0.244 e. The first-order valence-electron chi connectivity index (χ1n) is 12.5. The SMILES string of the molecule is CC(C)CNC(=O)[C@H](Cc1ccccc1)N(Cc1ccccc1F)C(=O)CN(c1ccc(Br)cc1)S(C)(=O)=O. The van der Waals surface area contributed by atoms with Gasteiger partial charge in [-0.1, -0.05) is 78.3 Å². The number of benzene rings is 3. The average molecular weight is 619 g/mol. The summed E-state index contributed by atoms with van der Waals surface area (Å²) in [5.74, 6) is -1.39. The van der Waals surface area contributed by atoms with Crippen LogP contribution in [0.3, 0.4) is 0 Å². The van der Waals surface area contributed by atoms with Crippen LogP contribution in [-0.2, 0) is 32.6 Å². The molecule has 0 aliphatic carbocycles. The summed E-state index contributed by atoms with van der Waals surface area (Å²) in [6.07, 6.45) is 1.18. The number of nitrogens with one attached hydrogen (secondary N) is 1. The molecule has 1 N–H and O–H groups in total. The molecule has 2 amide bonds. The van der Waals surface area contributed by atoms with Crippen molar-refractivity contribution in [1.82, 2.24) is 10.2 Å². The van der Waals surface area contributed by atoms with E-state index in [0.29, 0.717) is 12.2 Å². The van der Waals surface area contributed by atoms with Gasteiger partial charge < -0.3 is 10.2 Å². The molecule has 0 radical (unpaired) electrons. The van der Waals surface area contributed by atoms with Crippen LogP contribution in [0.1, 0.15) is 25.0 Å². The van der Waals surface area contributed by atoms with Crippen molar-refractivity contribution in [3.8, 4) is 0 Å². The number of carbonyl (C=O) groups excluding carboxylic acids is 2. The fourth-order valence-corrected chi connectivity index (χ4v) is 5.12. The number of hydrogen-bond donors (Lipinski definition) is 1. The zero-order valence-corrected chi connectivity index (χ0v) is 24.6. The van der Waals surface area contributed by atoms with Crippen LogP contribution < -0.4 is 9.62 Å². The molecule has 0 aromatic heterocycles. The first-order chi connectivity index (χ1) is 18.5. The van der Waals surface area contributed by atoms with Gasteiger partial charge in [0.25, 0.3) is 0 Å². The highest BCUT2D eigenvalue weighted by atomic mass is 79.9. The van der Waals surface area contributed by atoms with E-state index < -0.39 is 40.2 Å². The van der Waals surface area contributed by atoms with Crippen molar-refractivity contribution in [2.45, 2.75) is 32.9 Å². The second-order valence-electron chi connectivity index (χ2n) is 9.70. The molecule has 0 bridgehead atoms. The zero-order chi connectivity index (χ0) is 28.6. The molecule has 3 aromatic carbocycles. The Labute approximate surface area is 238 Å². The normalized spacial score (nSPS) is 12.2. The Hall–Kier alpha value is -3.24. The number of halogens is 2. The second-order valence-corrected chi connectivity index (χ2v) is 12.5. The van der Waals surface area contributed by atoms with Gasteiger partial charge in [0.05, 0.1) is 11.9 Å². The van der Waals surface area contributed by atoms with Crippen molar-refractivity contribution in [3.05, 3.63) is 100 Å². The molecule has 0 spiro atoms. The van der Waals surface area contributed by atoms with Crippen LogP contribution in [0.5, 0.6) is 0 Å². The third-order valence-electron chi connectivity index (χ3n) is 6.05. The quantitative estimate of drug-likeness (QED) is 0.317. The summed E-state index contributed by atoms with van der Waals surface area (Å²) in [6.45, 7) is 3.53. The van der Waals surface area contributed by atoms with Crippen molar-refractivity contribution in [2.75, 3.05) is 23.7 Å². The number of rotatable bonds is 12. The van der Waals surface area contributed by atoms with Crippen LogP contribution in [0.4, 0.5) is 10.1 Å². The van der Waals surface area contributed by atoms with E-state index in [0.717, 1.165) is 20.6 Å².